The summed E-state index contributed by atoms with van der Waals surface area (Å²) in [5.74, 6) is -0.501. The van der Waals surface area contributed by atoms with Crippen molar-refractivity contribution in [2.75, 3.05) is 39.8 Å². The van der Waals surface area contributed by atoms with Crippen LogP contribution in [0.25, 0.3) is 0 Å². The zero-order chi connectivity index (χ0) is 37.3. The Morgan fingerprint density at radius 3 is 2.16 bits per heavy atom. The third-order valence-electron chi connectivity index (χ3n) is 10.1. The number of hydrogen-bond donors (Lipinski definition) is 4. The second kappa shape index (κ2) is 14.8. The second-order valence-corrected chi connectivity index (χ2v) is 18.1. The maximum Gasteiger partial charge on any atom is 0.315 e. The van der Waals surface area contributed by atoms with E-state index in [1.165, 1.54) is 26.6 Å². The minimum absolute atomic E-state index is 0.0169. The van der Waals surface area contributed by atoms with Crippen LogP contribution in [0.15, 0.2) is 12.7 Å². The molecule has 49 heavy (non-hydrogen) atoms. The zero-order valence-corrected chi connectivity index (χ0v) is 31.2. The van der Waals surface area contributed by atoms with Crippen molar-refractivity contribution in [1.29, 1.82) is 0 Å². The summed E-state index contributed by atoms with van der Waals surface area (Å²) in [6, 6.07) is -4.44. The molecule has 14 nitrogen and oxygen atoms in total. The van der Waals surface area contributed by atoms with Crippen molar-refractivity contribution in [2.24, 2.45) is 28.1 Å². The van der Waals surface area contributed by atoms with Crippen LogP contribution in [0.2, 0.25) is 0 Å². The highest BCUT2D eigenvalue weighted by atomic mass is 32.2. The number of piperidine rings is 1. The van der Waals surface area contributed by atoms with Crippen molar-refractivity contribution in [1.82, 2.24) is 34.8 Å². The molecule has 3 aliphatic rings. The number of likely N-dealkylation sites (tertiary alicyclic amines) is 1. The number of terminal acetylenes is 1. The lowest BCUT2D eigenvalue weighted by atomic mass is 9.85. The summed E-state index contributed by atoms with van der Waals surface area (Å²) >= 11 is 0. The second-order valence-electron chi connectivity index (χ2n) is 16.1. The van der Waals surface area contributed by atoms with Crippen LogP contribution in [-0.2, 0) is 29.4 Å². The standard InChI is InChI=1S/C34H55N7O7S/c1-12-14-15-22(26(42)29(44)35-16-13-2)36-28(43)25-24-21(34(24,9)10)19-41(25)30(45)27(33(6,7)8)38-31(46)37-23(32(3,4)5)20-40-18-17-39(11)49(40,47)48/h1,13,21-25,27H,2,14-20H2,3-11H3,(H,35,44)(H,36,43)(H2,37,38,46)/t21-,22?,23+,24-,25?,27+/m0/s1. The first kappa shape index (κ1) is 40.0. The van der Waals surface area contributed by atoms with E-state index in [2.05, 4.69) is 33.8 Å². The van der Waals surface area contributed by atoms with E-state index in [0.717, 1.165) is 0 Å². The molecule has 0 aromatic carbocycles. The van der Waals surface area contributed by atoms with E-state index in [1.54, 1.807) is 20.8 Å². The van der Waals surface area contributed by atoms with Gasteiger partial charge in [0, 0.05) is 52.2 Å². The number of nitrogens with zero attached hydrogens (tertiary/aromatic N) is 3. The first-order chi connectivity index (χ1) is 22.5. The molecule has 4 N–H and O–H groups in total. The van der Waals surface area contributed by atoms with Crippen molar-refractivity contribution in [3.05, 3.63) is 12.7 Å². The van der Waals surface area contributed by atoms with Gasteiger partial charge in [0.05, 0.1) is 6.04 Å². The fraction of sp³-hybridized carbons (Fsp3) is 0.735. The molecule has 2 saturated heterocycles. The molecule has 6 atom stereocenters. The Kier molecular flexibility index (Phi) is 12.1. The van der Waals surface area contributed by atoms with Crippen LogP contribution in [-0.4, -0.2) is 115 Å². The number of amides is 5. The van der Waals surface area contributed by atoms with E-state index in [1.807, 2.05) is 34.6 Å². The molecular formula is C34H55N7O7S. The van der Waals surface area contributed by atoms with Crippen molar-refractivity contribution < 1.29 is 32.4 Å². The Balaban J connectivity index is 1.84. The van der Waals surface area contributed by atoms with E-state index in [9.17, 15) is 32.4 Å². The SMILES string of the molecule is C#CCCC(NC(=O)C1[C@@H]2[C@H](CN1C(=O)[C@@H](NC(=O)N[C@H](CN1CCN(C)S1(=O)=O)C(C)(C)C)C(C)(C)C)C2(C)C)C(=O)C(=O)NCC=C. The highest BCUT2D eigenvalue weighted by Crippen LogP contribution is 2.65. The lowest BCUT2D eigenvalue weighted by molar-refractivity contribution is -0.145. The monoisotopic (exact) mass is 705 g/mol. The first-order valence-electron chi connectivity index (χ1n) is 16.8. The molecule has 0 radical (unpaired) electrons. The first-order valence-corrected chi connectivity index (χ1v) is 18.2. The Bertz CT molecular complexity index is 1470. The number of rotatable bonds is 13. The Morgan fingerprint density at radius 1 is 1.02 bits per heavy atom. The van der Waals surface area contributed by atoms with E-state index < -0.39 is 74.7 Å². The summed E-state index contributed by atoms with van der Waals surface area (Å²) in [5, 5.41) is 10.9. The molecule has 1 saturated carbocycles. The fourth-order valence-electron chi connectivity index (χ4n) is 6.73. The summed E-state index contributed by atoms with van der Waals surface area (Å²) in [4.78, 5) is 68.9. The third-order valence-corrected chi connectivity index (χ3v) is 12.1. The van der Waals surface area contributed by atoms with Gasteiger partial charge in [0.2, 0.25) is 17.6 Å². The minimum Gasteiger partial charge on any atom is -0.346 e. The van der Waals surface area contributed by atoms with Gasteiger partial charge in [-0.3, -0.25) is 19.2 Å². The summed E-state index contributed by atoms with van der Waals surface area (Å²) < 4.78 is 28.1. The highest BCUT2D eigenvalue weighted by Gasteiger charge is 2.70. The molecule has 3 fully saturated rings. The van der Waals surface area contributed by atoms with Gasteiger partial charge >= 0.3 is 6.03 Å². The number of nitrogens with one attached hydrogen (secondary N) is 4. The number of hydrogen-bond acceptors (Lipinski definition) is 7. The van der Waals surface area contributed by atoms with Gasteiger partial charge < -0.3 is 26.2 Å². The molecule has 2 heterocycles. The summed E-state index contributed by atoms with van der Waals surface area (Å²) in [6.07, 6.45) is 7.03. The van der Waals surface area contributed by atoms with Crippen LogP contribution in [0.5, 0.6) is 0 Å². The molecule has 0 spiro atoms. The lowest BCUT2D eigenvalue weighted by Gasteiger charge is -2.39. The summed E-state index contributed by atoms with van der Waals surface area (Å²) in [7, 11) is -2.13. The average Bonchev–Trinajstić information content (AvgIpc) is 3.25. The number of fused-ring (bicyclic) bond motifs is 1. The Hall–Kier alpha value is -3.48. The van der Waals surface area contributed by atoms with Crippen LogP contribution in [0.4, 0.5) is 4.79 Å². The van der Waals surface area contributed by atoms with Crippen LogP contribution < -0.4 is 21.3 Å². The maximum absolute atomic E-state index is 14.4. The van der Waals surface area contributed by atoms with Crippen molar-refractivity contribution in [2.45, 2.75) is 92.4 Å². The number of ketones is 1. The van der Waals surface area contributed by atoms with Gasteiger partial charge in [-0.1, -0.05) is 61.5 Å². The van der Waals surface area contributed by atoms with Gasteiger partial charge in [-0.25, -0.2) is 4.79 Å². The van der Waals surface area contributed by atoms with E-state index >= 15 is 0 Å². The van der Waals surface area contributed by atoms with Gasteiger partial charge in [-0.15, -0.1) is 18.9 Å². The van der Waals surface area contributed by atoms with Crippen LogP contribution in [0.3, 0.4) is 0 Å². The molecule has 0 bridgehead atoms. The number of likely N-dealkylation sites (N-methyl/N-ethyl adjacent to an activating group) is 1. The van der Waals surface area contributed by atoms with Crippen LogP contribution >= 0.6 is 0 Å². The van der Waals surface area contributed by atoms with Crippen molar-refractivity contribution in [3.8, 4) is 12.3 Å². The van der Waals surface area contributed by atoms with Crippen molar-refractivity contribution >= 4 is 39.7 Å². The number of Topliss-reactive ketones (excluding diaryl/α,β-unsaturated/α-hetero) is 1. The fourth-order valence-corrected chi connectivity index (χ4v) is 8.08. The number of urea groups is 1. The molecule has 15 heteroatoms. The van der Waals surface area contributed by atoms with E-state index in [4.69, 9.17) is 6.42 Å². The zero-order valence-electron chi connectivity index (χ0n) is 30.4. The molecule has 1 aliphatic carbocycles. The largest absolute Gasteiger partial charge is 0.346 e. The topological polar surface area (TPSA) is 177 Å². The Labute approximate surface area is 291 Å². The predicted octanol–water partition coefficient (Wildman–Crippen LogP) is 0.860. The summed E-state index contributed by atoms with van der Waals surface area (Å²) in [5.41, 5.74) is -1.56. The van der Waals surface area contributed by atoms with Gasteiger partial charge in [0.25, 0.3) is 16.1 Å². The molecule has 2 aliphatic heterocycles. The molecule has 0 aromatic heterocycles. The van der Waals surface area contributed by atoms with Crippen molar-refractivity contribution in [3.63, 3.8) is 0 Å². The molecule has 0 aromatic rings. The third kappa shape index (κ3) is 8.82. The molecule has 2 unspecified atom stereocenters. The minimum atomic E-state index is -3.64. The number of carbonyl (C=O) groups is 5. The molecule has 5 amide bonds. The number of carbonyl (C=O) groups excluding carboxylic acids is 5. The van der Waals surface area contributed by atoms with E-state index in [-0.39, 0.29) is 49.7 Å². The van der Waals surface area contributed by atoms with Crippen LogP contribution in [0, 0.1) is 40.4 Å². The van der Waals surface area contributed by atoms with Gasteiger partial charge in [0.1, 0.15) is 12.1 Å². The average molecular weight is 706 g/mol. The Morgan fingerprint density at radius 2 is 1.65 bits per heavy atom. The maximum atomic E-state index is 14.4. The smallest absolute Gasteiger partial charge is 0.315 e. The highest BCUT2D eigenvalue weighted by molar-refractivity contribution is 7.87. The molecular weight excluding hydrogens is 650 g/mol. The van der Waals surface area contributed by atoms with E-state index in [0.29, 0.717) is 13.1 Å². The predicted molar refractivity (Wildman–Crippen MR) is 186 cm³/mol. The normalized spacial score (nSPS) is 24.8. The molecule has 274 valence electrons. The summed E-state index contributed by atoms with van der Waals surface area (Å²) in [6.45, 7) is 19.7. The lowest BCUT2D eigenvalue weighted by Crippen LogP contribution is -2.62. The molecule has 3 rings (SSSR count). The van der Waals surface area contributed by atoms with Gasteiger partial charge in [-0.2, -0.15) is 17.0 Å². The van der Waals surface area contributed by atoms with Gasteiger partial charge in [-0.05, 0) is 34.5 Å². The van der Waals surface area contributed by atoms with Crippen LogP contribution in [0.1, 0.15) is 68.2 Å². The van der Waals surface area contributed by atoms with Gasteiger partial charge in [0.15, 0.2) is 0 Å². The quantitative estimate of drug-likeness (QED) is 0.125.